The molecule has 100 valence electrons. The van der Waals surface area contributed by atoms with Crippen LogP contribution in [-0.2, 0) is 6.42 Å². The number of pyridine rings is 1. The van der Waals surface area contributed by atoms with Crippen LogP contribution in [0, 0.1) is 0 Å². The van der Waals surface area contributed by atoms with Crippen molar-refractivity contribution in [1.82, 2.24) is 4.98 Å². The van der Waals surface area contributed by atoms with E-state index in [1.807, 2.05) is 23.4 Å². The second kappa shape index (κ2) is 5.71. The van der Waals surface area contributed by atoms with Gasteiger partial charge in [0, 0.05) is 18.5 Å². The maximum Gasteiger partial charge on any atom is 0.354 e. The van der Waals surface area contributed by atoms with E-state index in [0.29, 0.717) is 11.5 Å². The maximum absolute atomic E-state index is 10.9. The van der Waals surface area contributed by atoms with Crippen molar-refractivity contribution in [2.45, 2.75) is 6.42 Å². The molecule has 0 atom stereocenters. The number of nitrogens with zero attached hydrogens (tertiary/aromatic N) is 2. The van der Waals surface area contributed by atoms with Gasteiger partial charge in [-0.25, -0.2) is 9.78 Å². The van der Waals surface area contributed by atoms with Crippen LogP contribution < -0.4 is 10.6 Å². The van der Waals surface area contributed by atoms with Crippen LogP contribution in [-0.4, -0.2) is 29.7 Å². The lowest BCUT2D eigenvalue weighted by Gasteiger charge is -2.19. The van der Waals surface area contributed by atoms with Gasteiger partial charge in [-0.15, -0.1) is 11.3 Å². The number of rotatable bonds is 5. The van der Waals surface area contributed by atoms with E-state index in [0.717, 1.165) is 13.0 Å². The summed E-state index contributed by atoms with van der Waals surface area (Å²) in [5.41, 5.74) is 6.34. The molecule has 0 saturated heterocycles. The Labute approximate surface area is 115 Å². The fourth-order valence-electron chi connectivity index (χ4n) is 1.72. The van der Waals surface area contributed by atoms with Gasteiger partial charge in [0.15, 0.2) is 11.5 Å². The first kappa shape index (κ1) is 13.4. The van der Waals surface area contributed by atoms with Gasteiger partial charge in [0.25, 0.3) is 0 Å². The Bertz CT molecular complexity index is 569. The van der Waals surface area contributed by atoms with E-state index in [2.05, 4.69) is 11.1 Å². The number of carbonyl (C=O) groups is 1. The number of carboxylic acid groups (broad SMARTS) is 1. The van der Waals surface area contributed by atoms with Crippen LogP contribution in [0.5, 0.6) is 0 Å². The number of hydrogen-bond donors (Lipinski definition) is 2. The molecule has 3 N–H and O–H groups in total. The van der Waals surface area contributed by atoms with Crippen molar-refractivity contribution in [3.63, 3.8) is 0 Å². The van der Waals surface area contributed by atoms with Crippen molar-refractivity contribution >= 4 is 28.8 Å². The zero-order chi connectivity index (χ0) is 13.8. The average molecular weight is 277 g/mol. The fraction of sp³-hybridized carbons (Fsp3) is 0.231. The SMILES string of the molecule is CN(CCc1cccs1)c1nc(C(=O)O)ccc1N. The maximum atomic E-state index is 10.9. The normalized spacial score (nSPS) is 10.4. The fourth-order valence-corrected chi connectivity index (χ4v) is 2.42. The van der Waals surface area contributed by atoms with Crippen molar-refractivity contribution in [2.24, 2.45) is 0 Å². The summed E-state index contributed by atoms with van der Waals surface area (Å²) in [6, 6.07) is 7.07. The van der Waals surface area contributed by atoms with Crippen LogP contribution in [0.4, 0.5) is 11.5 Å². The minimum Gasteiger partial charge on any atom is -0.477 e. The van der Waals surface area contributed by atoms with Crippen molar-refractivity contribution < 1.29 is 9.90 Å². The summed E-state index contributed by atoms with van der Waals surface area (Å²) in [5.74, 6) is -0.538. The second-order valence-electron chi connectivity index (χ2n) is 4.17. The van der Waals surface area contributed by atoms with Crippen molar-refractivity contribution in [3.8, 4) is 0 Å². The highest BCUT2D eigenvalue weighted by Crippen LogP contribution is 2.20. The first-order valence-electron chi connectivity index (χ1n) is 5.81. The van der Waals surface area contributed by atoms with Gasteiger partial charge in [-0.1, -0.05) is 6.07 Å². The minimum atomic E-state index is -1.05. The van der Waals surface area contributed by atoms with E-state index < -0.39 is 5.97 Å². The Morgan fingerprint density at radius 1 is 1.47 bits per heavy atom. The molecule has 0 bridgehead atoms. The summed E-state index contributed by atoms with van der Waals surface area (Å²) in [4.78, 5) is 18.1. The number of hydrogen-bond acceptors (Lipinski definition) is 5. The Morgan fingerprint density at radius 3 is 2.89 bits per heavy atom. The number of nitrogens with two attached hydrogens (primary N) is 1. The lowest BCUT2D eigenvalue weighted by molar-refractivity contribution is 0.0690. The largest absolute Gasteiger partial charge is 0.477 e. The first-order chi connectivity index (χ1) is 9.08. The molecule has 0 aliphatic rings. The quantitative estimate of drug-likeness (QED) is 0.875. The predicted octanol–water partition coefficient (Wildman–Crippen LogP) is 2.10. The molecule has 0 fully saturated rings. The molecule has 5 nitrogen and oxygen atoms in total. The van der Waals surface area contributed by atoms with E-state index in [1.165, 1.54) is 10.9 Å². The smallest absolute Gasteiger partial charge is 0.354 e. The Hall–Kier alpha value is -2.08. The highest BCUT2D eigenvalue weighted by atomic mass is 32.1. The number of carboxylic acids is 1. The van der Waals surface area contributed by atoms with E-state index in [1.54, 1.807) is 17.4 Å². The molecule has 0 aliphatic heterocycles. The third-order valence-electron chi connectivity index (χ3n) is 2.76. The molecule has 0 aliphatic carbocycles. The number of aromatic carboxylic acids is 1. The number of nitrogen functional groups attached to an aromatic ring is 1. The topological polar surface area (TPSA) is 79.5 Å². The van der Waals surface area contributed by atoms with Crippen LogP contribution in [0.25, 0.3) is 0 Å². The van der Waals surface area contributed by atoms with Crippen LogP contribution in [0.3, 0.4) is 0 Å². The molecule has 0 amide bonds. The average Bonchev–Trinajstić information content (AvgIpc) is 2.89. The van der Waals surface area contributed by atoms with Crippen molar-refractivity contribution in [3.05, 3.63) is 40.2 Å². The summed E-state index contributed by atoms with van der Waals surface area (Å²) < 4.78 is 0. The summed E-state index contributed by atoms with van der Waals surface area (Å²) >= 11 is 1.70. The molecule has 0 saturated carbocycles. The molecular weight excluding hydrogens is 262 g/mol. The van der Waals surface area contributed by atoms with Gasteiger partial charge >= 0.3 is 5.97 Å². The molecule has 2 aromatic rings. The summed E-state index contributed by atoms with van der Waals surface area (Å²) in [6.45, 7) is 0.737. The van der Waals surface area contributed by atoms with Crippen LogP contribution in [0.2, 0.25) is 0 Å². The van der Waals surface area contributed by atoms with E-state index in [9.17, 15) is 4.79 Å². The Morgan fingerprint density at radius 2 is 2.26 bits per heavy atom. The van der Waals surface area contributed by atoms with Gasteiger partial charge < -0.3 is 15.7 Å². The monoisotopic (exact) mass is 277 g/mol. The van der Waals surface area contributed by atoms with Gasteiger partial charge in [0.1, 0.15) is 0 Å². The third-order valence-corrected chi connectivity index (χ3v) is 3.70. The van der Waals surface area contributed by atoms with Crippen molar-refractivity contribution in [2.75, 3.05) is 24.2 Å². The molecule has 2 aromatic heterocycles. The van der Waals surface area contributed by atoms with E-state index in [4.69, 9.17) is 10.8 Å². The zero-order valence-corrected chi connectivity index (χ0v) is 11.4. The lowest BCUT2D eigenvalue weighted by Crippen LogP contribution is -2.23. The van der Waals surface area contributed by atoms with Crippen LogP contribution in [0.1, 0.15) is 15.4 Å². The predicted molar refractivity (Wildman–Crippen MR) is 76.9 cm³/mol. The summed E-state index contributed by atoms with van der Waals surface area (Å²) in [7, 11) is 1.86. The number of anilines is 2. The standard InChI is InChI=1S/C13H15N3O2S/c1-16(7-6-9-3-2-8-19-9)12-10(14)4-5-11(15-12)13(17)18/h2-5,8H,6-7,14H2,1H3,(H,17,18). The first-order valence-corrected chi connectivity index (χ1v) is 6.69. The van der Waals surface area contributed by atoms with E-state index >= 15 is 0 Å². The minimum absolute atomic E-state index is 0.00664. The number of thiophene rings is 1. The van der Waals surface area contributed by atoms with Crippen molar-refractivity contribution in [1.29, 1.82) is 0 Å². The molecule has 6 heteroatoms. The van der Waals surface area contributed by atoms with Gasteiger partial charge in [0.05, 0.1) is 5.69 Å². The molecule has 2 heterocycles. The number of aromatic nitrogens is 1. The molecular formula is C13H15N3O2S. The molecule has 0 unspecified atom stereocenters. The number of likely N-dealkylation sites (N-methyl/N-ethyl adjacent to an activating group) is 1. The Balaban J connectivity index is 2.11. The van der Waals surface area contributed by atoms with E-state index in [-0.39, 0.29) is 5.69 Å². The van der Waals surface area contributed by atoms with Gasteiger partial charge in [-0.05, 0) is 30.0 Å². The van der Waals surface area contributed by atoms with Gasteiger partial charge in [-0.3, -0.25) is 0 Å². The molecule has 2 rings (SSSR count). The van der Waals surface area contributed by atoms with Crippen LogP contribution in [0.15, 0.2) is 29.6 Å². The van der Waals surface area contributed by atoms with Crippen LogP contribution >= 0.6 is 11.3 Å². The highest BCUT2D eigenvalue weighted by Gasteiger charge is 2.12. The molecule has 0 radical (unpaired) electrons. The summed E-state index contributed by atoms with van der Waals surface area (Å²) in [5, 5.41) is 11.0. The molecule has 0 spiro atoms. The molecule has 19 heavy (non-hydrogen) atoms. The lowest BCUT2D eigenvalue weighted by atomic mass is 10.3. The van der Waals surface area contributed by atoms with Gasteiger partial charge in [0.2, 0.25) is 0 Å². The third kappa shape index (κ3) is 3.23. The van der Waals surface area contributed by atoms with Gasteiger partial charge in [-0.2, -0.15) is 0 Å². The highest BCUT2D eigenvalue weighted by molar-refractivity contribution is 7.09. The summed E-state index contributed by atoms with van der Waals surface area (Å²) in [6.07, 6.45) is 0.882. The Kier molecular flexibility index (Phi) is 4.01. The second-order valence-corrected chi connectivity index (χ2v) is 5.20. The molecule has 0 aromatic carbocycles. The zero-order valence-electron chi connectivity index (χ0n) is 10.5.